The van der Waals surface area contributed by atoms with Crippen molar-refractivity contribution in [2.75, 3.05) is 13.6 Å². The summed E-state index contributed by atoms with van der Waals surface area (Å²) in [5.41, 5.74) is 1.72. The molecular formula is C12H21NO. The Morgan fingerprint density at radius 1 is 1.36 bits per heavy atom. The van der Waals surface area contributed by atoms with E-state index in [1.165, 1.54) is 0 Å². The van der Waals surface area contributed by atoms with Crippen molar-refractivity contribution in [3.8, 4) is 0 Å². The second-order valence-corrected chi connectivity index (χ2v) is 3.89. The smallest absolute Gasteiger partial charge is 0.171 e. The Morgan fingerprint density at radius 2 is 1.86 bits per heavy atom. The zero-order chi connectivity index (χ0) is 11.3. The normalized spacial score (nSPS) is 12.6. The van der Waals surface area contributed by atoms with E-state index in [0.717, 1.165) is 12.0 Å². The largest absolute Gasteiger partial charge is 0.293 e. The third-order valence-corrected chi connectivity index (χ3v) is 2.36. The number of nitrogens with zero attached hydrogens (tertiary/aromatic N) is 1. The molecule has 0 unspecified atom stereocenters. The molecule has 0 saturated heterocycles. The van der Waals surface area contributed by atoms with Gasteiger partial charge in [-0.1, -0.05) is 25.7 Å². The predicted octanol–water partition coefficient (Wildman–Crippen LogP) is 2.42. The van der Waals surface area contributed by atoms with Gasteiger partial charge in [0, 0.05) is 6.04 Å². The van der Waals surface area contributed by atoms with Crippen LogP contribution in [0.1, 0.15) is 27.2 Å². The molecule has 0 aliphatic carbocycles. The fourth-order valence-corrected chi connectivity index (χ4v) is 1.51. The number of ketones is 1. The molecule has 0 aliphatic heterocycles. The van der Waals surface area contributed by atoms with Crippen LogP contribution in [0.4, 0.5) is 0 Å². The van der Waals surface area contributed by atoms with E-state index in [4.69, 9.17) is 0 Å². The fraction of sp³-hybridized carbons (Fsp3) is 0.583. The van der Waals surface area contributed by atoms with Gasteiger partial charge in [0.2, 0.25) is 0 Å². The third-order valence-electron chi connectivity index (χ3n) is 2.36. The highest BCUT2D eigenvalue weighted by atomic mass is 16.1. The summed E-state index contributed by atoms with van der Waals surface area (Å²) in [6, 6.07) is 0.290. The first-order valence-electron chi connectivity index (χ1n) is 4.94. The van der Waals surface area contributed by atoms with Gasteiger partial charge in [0.05, 0.1) is 6.54 Å². The lowest BCUT2D eigenvalue weighted by Crippen LogP contribution is -2.36. The van der Waals surface area contributed by atoms with E-state index in [1.807, 2.05) is 18.9 Å². The summed E-state index contributed by atoms with van der Waals surface area (Å²) in [7, 11) is 1.95. The molecule has 0 saturated carbocycles. The lowest BCUT2D eigenvalue weighted by Gasteiger charge is -2.26. The maximum absolute atomic E-state index is 11.4. The molecular weight excluding hydrogens is 174 g/mol. The molecule has 0 heterocycles. The molecule has 2 heteroatoms. The average molecular weight is 195 g/mol. The maximum Gasteiger partial charge on any atom is 0.171 e. The van der Waals surface area contributed by atoms with Gasteiger partial charge < -0.3 is 0 Å². The number of hydrogen-bond acceptors (Lipinski definition) is 2. The topological polar surface area (TPSA) is 20.3 Å². The van der Waals surface area contributed by atoms with Gasteiger partial charge >= 0.3 is 0 Å². The van der Waals surface area contributed by atoms with Crippen LogP contribution >= 0.6 is 0 Å². The van der Waals surface area contributed by atoms with Crippen LogP contribution in [0.5, 0.6) is 0 Å². The van der Waals surface area contributed by atoms with Gasteiger partial charge in [0.25, 0.3) is 0 Å². The van der Waals surface area contributed by atoms with Crippen molar-refractivity contribution in [1.29, 1.82) is 0 Å². The molecule has 0 rings (SSSR count). The van der Waals surface area contributed by atoms with Crippen molar-refractivity contribution >= 4 is 5.78 Å². The molecule has 0 aromatic heterocycles. The van der Waals surface area contributed by atoms with E-state index in [9.17, 15) is 4.79 Å². The van der Waals surface area contributed by atoms with E-state index in [0.29, 0.717) is 18.2 Å². The Balaban J connectivity index is 4.31. The van der Waals surface area contributed by atoms with Gasteiger partial charge in [0.1, 0.15) is 0 Å². The minimum atomic E-state index is 0.104. The molecule has 0 fully saturated rings. The Kier molecular flexibility index (Phi) is 5.39. The Hall–Kier alpha value is -0.890. The SMILES string of the molecule is C=C(C)C(=O)CN(C)[C@H](CC)C(=C)C. The van der Waals surface area contributed by atoms with Crippen molar-refractivity contribution in [2.24, 2.45) is 0 Å². The predicted molar refractivity (Wildman–Crippen MR) is 61.3 cm³/mol. The second-order valence-electron chi connectivity index (χ2n) is 3.89. The van der Waals surface area contributed by atoms with Crippen LogP contribution in [0.3, 0.4) is 0 Å². The standard InChI is InChI=1S/C12H21NO/c1-7-11(9(2)3)13(6)8-12(14)10(4)5/h11H,2,4,7-8H2,1,3,5-6H3/t11-/m1/s1. The molecule has 14 heavy (non-hydrogen) atoms. The third kappa shape index (κ3) is 3.88. The van der Waals surface area contributed by atoms with E-state index in [1.54, 1.807) is 6.92 Å². The highest BCUT2D eigenvalue weighted by Crippen LogP contribution is 2.10. The number of likely N-dealkylation sites (N-methyl/N-ethyl adjacent to an activating group) is 1. The van der Waals surface area contributed by atoms with Crippen LogP contribution in [-0.2, 0) is 4.79 Å². The highest BCUT2D eigenvalue weighted by molar-refractivity contribution is 5.95. The Labute approximate surface area is 87.3 Å². The highest BCUT2D eigenvalue weighted by Gasteiger charge is 2.16. The number of Topliss-reactive ketones (excluding diaryl/α,β-unsaturated/α-hetero) is 1. The van der Waals surface area contributed by atoms with Gasteiger partial charge in [-0.3, -0.25) is 9.69 Å². The summed E-state index contributed by atoms with van der Waals surface area (Å²) in [5, 5.41) is 0. The lowest BCUT2D eigenvalue weighted by molar-refractivity contribution is -0.116. The molecule has 0 amide bonds. The molecule has 0 aromatic rings. The van der Waals surface area contributed by atoms with Crippen LogP contribution in [0, 0.1) is 0 Å². The van der Waals surface area contributed by atoms with Crippen LogP contribution in [0.15, 0.2) is 24.3 Å². The van der Waals surface area contributed by atoms with Crippen LogP contribution in [-0.4, -0.2) is 30.3 Å². The van der Waals surface area contributed by atoms with E-state index >= 15 is 0 Å². The first-order valence-corrected chi connectivity index (χ1v) is 4.94. The van der Waals surface area contributed by atoms with Crippen molar-refractivity contribution < 1.29 is 4.79 Å². The van der Waals surface area contributed by atoms with E-state index in [2.05, 4.69) is 20.1 Å². The summed E-state index contributed by atoms with van der Waals surface area (Å²) in [4.78, 5) is 13.5. The van der Waals surface area contributed by atoms with Crippen molar-refractivity contribution in [2.45, 2.75) is 33.2 Å². The molecule has 1 atom stereocenters. The fourth-order valence-electron chi connectivity index (χ4n) is 1.51. The second kappa shape index (κ2) is 5.76. The zero-order valence-corrected chi connectivity index (χ0v) is 9.76. The monoisotopic (exact) mass is 195 g/mol. The van der Waals surface area contributed by atoms with Gasteiger partial charge in [-0.25, -0.2) is 0 Å². The summed E-state index contributed by atoms with van der Waals surface area (Å²) >= 11 is 0. The van der Waals surface area contributed by atoms with Crippen LogP contribution in [0.2, 0.25) is 0 Å². The maximum atomic E-state index is 11.4. The molecule has 0 aromatic carbocycles. The van der Waals surface area contributed by atoms with Crippen molar-refractivity contribution in [1.82, 2.24) is 4.90 Å². The molecule has 80 valence electrons. The Bertz CT molecular complexity index is 243. The summed E-state index contributed by atoms with van der Waals surface area (Å²) in [5.74, 6) is 0.104. The van der Waals surface area contributed by atoms with E-state index in [-0.39, 0.29) is 5.78 Å². The first kappa shape index (κ1) is 13.1. The zero-order valence-electron chi connectivity index (χ0n) is 9.76. The minimum absolute atomic E-state index is 0.104. The first-order chi connectivity index (χ1) is 6.40. The molecule has 0 aliphatic rings. The molecule has 0 bridgehead atoms. The van der Waals surface area contributed by atoms with E-state index < -0.39 is 0 Å². The van der Waals surface area contributed by atoms with Gasteiger partial charge in [-0.15, -0.1) is 0 Å². The molecule has 2 nitrogen and oxygen atoms in total. The Morgan fingerprint density at radius 3 is 2.14 bits per heavy atom. The lowest BCUT2D eigenvalue weighted by atomic mass is 10.1. The van der Waals surface area contributed by atoms with Gasteiger partial charge in [-0.05, 0) is 32.9 Å². The van der Waals surface area contributed by atoms with Crippen molar-refractivity contribution in [3.05, 3.63) is 24.3 Å². The minimum Gasteiger partial charge on any atom is -0.293 e. The summed E-state index contributed by atoms with van der Waals surface area (Å²) in [6.45, 7) is 13.8. The quantitative estimate of drug-likeness (QED) is 0.479. The molecule has 0 spiro atoms. The van der Waals surface area contributed by atoms with Gasteiger partial charge in [-0.2, -0.15) is 0 Å². The number of hydrogen-bond donors (Lipinski definition) is 0. The number of rotatable bonds is 6. The number of carbonyl (C=O) groups excluding carboxylic acids is 1. The number of carbonyl (C=O) groups is 1. The average Bonchev–Trinajstić information content (AvgIpc) is 2.04. The van der Waals surface area contributed by atoms with Crippen LogP contribution < -0.4 is 0 Å². The van der Waals surface area contributed by atoms with Crippen molar-refractivity contribution in [3.63, 3.8) is 0 Å². The molecule has 0 N–H and O–H groups in total. The molecule has 0 radical (unpaired) electrons. The summed E-state index contributed by atoms with van der Waals surface area (Å²) < 4.78 is 0. The van der Waals surface area contributed by atoms with Crippen LogP contribution in [0.25, 0.3) is 0 Å². The van der Waals surface area contributed by atoms with Gasteiger partial charge in [0.15, 0.2) is 5.78 Å². The summed E-state index contributed by atoms with van der Waals surface area (Å²) in [6.07, 6.45) is 0.981.